The largest absolute Gasteiger partial charge is 0.485 e. The van der Waals surface area contributed by atoms with Crippen molar-refractivity contribution in [1.29, 1.82) is 0 Å². The van der Waals surface area contributed by atoms with Crippen LogP contribution in [0.3, 0.4) is 0 Å². The summed E-state index contributed by atoms with van der Waals surface area (Å²) in [4.78, 5) is 0. The zero-order valence-electron chi connectivity index (χ0n) is 10.4. The van der Waals surface area contributed by atoms with E-state index in [4.69, 9.17) is 10.5 Å². The third-order valence-corrected chi connectivity index (χ3v) is 4.60. The molecule has 0 fully saturated rings. The van der Waals surface area contributed by atoms with Crippen molar-refractivity contribution in [1.82, 2.24) is 0 Å². The number of halogens is 3. The summed E-state index contributed by atoms with van der Waals surface area (Å²) < 4.78 is 20.9. The van der Waals surface area contributed by atoms with Crippen LogP contribution in [-0.2, 0) is 0 Å². The van der Waals surface area contributed by atoms with Crippen molar-refractivity contribution in [3.05, 3.63) is 62.3 Å². The molecule has 0 aromatic heterocycles. The highest BCUT2D eigenvalue weighted by Crippen LogP contribution is 2.42. The van der Waals surface area contributed by atoms with E-state index in [0.717, 1.165) is 21.3 Å². The van der Waals surface area contributed by atoms with Crippen LogP contribution in [0.2, 0.25) is 0 Å². The Labute approximate surface area is 133 Å². The molecule has 2 unspecified atom stereocenters. The molecule has 2 aromatic rings. The van der Waals surface area contributed by atoms with Crippen LogP contribution >= 0.6 is 31.9 Å². The summed E-state index contributed by atoms with van der Waals surface area (Å²) in [5.41, 5.74) is 8.13. The van der Waals surface area contributed by atoms with Gasteiger partial charge in [-0.25, -0.2) is 4.39 Å². The molecular formula is C15H12Br2FNO. The van der Waals surface area contributed by atoms with Crippen molar-refractivity contribution < 1.29 is 9.13 Å². The Hall–Kier alpha value is -0.910. The van der Waals surface area contributed by atoms with Crippen LogP contribution in [0, 0.1) is 5.82 Å². The quantitative estimate of drug-likeness (QED) is 0.740. The van der Waals surface area contributed by atoms with Crippen LogP contribution in [0.4, 0.5) is 4.39 Å². The molecule has 2 nitrogen and oxygen atoms in total. The average molecular weight is 401 g/mol. The summed E-state index contributed by atoms with van der Waals surface area (Å²) in [5, 5.41) is 0. The average Bonchev–Trinajstić information content (AvgIpc) is 2.37. The van der Waals surface area contributed by atoms with Gasteiger partial charge in [-0.05, 0) is 24.3 Å². The molecule has 2 N–H and O–H groups in total. The van der Waals surface area contributed by atoms with Gasteiger partial charge in [0.1, 0.15) is 17.7 Å². The fourth-order valence-electron chi connectivity index (χ4n) is 2.43. The van der Waals surface area contributed by atoms with Gasteiger partial charge in [0.15, 0.2) is 0 Å². The number of fused-ring (bicyclic) bond motifs is 1. The fraction of sp³-hybridized carbons (Fsp3) is 0.200. The van der Waals surface area contributed by atoms with E-state index in [-0.39, 0.29) is 18.0 Å². The lowest BCUT2D eigenvalue weighted by atomic mass is 9.93. The van der Waals surface area contributed by atoms with E-state index in [1.165, 1.54) is 12.1 Å². The van der Waals surface area contributed by atoms with Gasteiger partial charge in [0, 0.05) is 32.5 Å². The highest BCUT2D eigenvalue weighted by molar-refractivity contribution is 9.10. The fourth-order valence-corrected chi connectivity index (χ4v) is 3.37. The van der Waals surface area contributed by atoms with Gasteiger partial charge in [-0.3, -0.25) is 0 Å². The molecule has 0 amide bonds. The SMILES string of the molecule is NC1CC(c2ccc(F)cc2Br)Oc2cc(Br)ccc21. The third-order valence-electron chi connectivity index (χ3n) is 3.42. The topological polar surface area (TPSA) is 35.2 Å². The number of hydrogen-bond donors (Lipinski definition) is 1. The molecule has 5 heteroatoms. The molecule has 20 heavy (non-hydrogen) atoms. The van der Waals surface area contributed by atoms with E-state index < -0.39 is 0 Å². The maximum absolute atomic E-state index is 13.2. The molecule has 104 valence electrons. The number of ether oxygens (including phenoxy) is 1. The van der Waals surface area contributed by atoms with Crippen LogP contribution in [0.5, 0.6) is 5.75 Å². The van der Waals surface area contributed by atoms with Gasteiger partial charge < -0.3 is 10.5 Å². The number of benzene rings is 2. The molecule has 0 spiro atoms. The Balaban J connectivity index is 1.98. The number of hydrogen-bond acceptors (Lipinski definition) is 2. The Morgan fingerprint density at radius 3 is 2.60 bits per heavy atom. The van der Waals surface area contributed by atoms with E-state index >= 15 is 0 Å². The zero-order chi connectivity index (χ0) is 14.3. The van der Waals surface area contributed by atoms with Gasteiger partial charge in [-0.1, -0.05) is 44.0 Å². The number of rotatable bonds is 1. The van der Waals surface area contributed by atoms with Crippen molar-refractivity contribution in [3.63, 3.8) is 0 Å². The van der Waals surface area contributed by atoms with Gasteiger partial charge in [0.2, 0.25) is 0 Å². The first-order chi connectivity index (χ1) is 9.54. The van der Waals surface area contributed by atoms with Crippen LogP contribution < -0.4 is 10.5 Å². The highest BCUT2D eigenvalue weighted by Gasteiger charge is 2.28. The highest BCUT2D eigenvalue weighted by atomic mass is 79.9. The summed E-state index contributed by atoms with van der Waals surface area (Å²) in [7, 11) is 0. The Kier molecular flexibility index (Phi) is 3.84. The van der Waals surface area contributed by atoms with Crippen molar-refractivity contribution in [2.75, 3.05) is 0 Å². The van der Waals surface area contributed by atoms with E-state index in [0.29, 0.717) is 10.9 Å². The Bertz CT molecular complexity index is 662. The van der Waals surface area contributed by atoms with Gasteiger partial charge in [0.05, 0.1) is 0 Å². The molecule has 0 saturated carbocycles. The Morgan fingerprint density at radius 2 is 1.85 bits per heavy atom. The smallest absolute Gasteiger partial charge is 0.127 e. The second-order valence-corrected chi connectivity index (χ2v) is 6.57. The minimum atomic E-state index is -0.274. The molecule has 2 atom stereocenters. The molecule has 2 aromatic carbocycles. The van der Waals surface area contributed by atoms with Crippen molar-refractivity contribution in [3.8, 4) is 5.75 Å². The normalized spacial score (nSPS) is 21.2. The molecule has 0 aliphatic carbocycles. The third kappa shape index (κ3) is 2.62. The van der Waals surface area contributed by atoms with Gasteiger partial charge >= 0.3 is 0 Å². The predicted molar refractivity (Wildman–Crippen MR) is 83.2 cm³/mol. The lowest BCUT2D eigenvalue weighted by Gasteiger charge is -2.31. The minimum Gasteiger partial charge on any atom is -0.485 e. The summed E-state index contributed by atoms with van der Waals surface area (Å²) in [5.74, 6) is 0.503. The molecular weight excluding hydrogens is 389 g/mol. The second-order valence-electron chi connectivity index (χ2n) is 4.80. The van der Waals surface area contributed by atoms with Gasteiger partial charge in [-0.2, -0.15) is 0 Å². The molecule has 0 radical (unpaired) electrons. The van der Waals surface area contributed by atoms with Gasteiger partial charge in [0.25, 0.3) is 0 Å². The summed E-state index contributed by atoms with van der Waals surface area (Å²) in [6, 6.07) is 10.4. The van der Waals surface area contributed by atoms with Crippen LogP contribution in [0.25, 0.3) is 0 Å². The van der Waals surface area contributed by atoms with Crippen molar-refractivity contribution in [2.45, 2.75) is 18.6 Å². The standard InChI is InChI=1S/C15H12Br2FNO/c16-8-1-3-11-13(19)7-15(20-14(11)5-8)10-4-2-9(18)6-12(10)17/h1-6,13,15H,7,19H2. The predicted octanol–water partition coefficient (Wildman–Crippen LogP) is 4.87. The van der Waals surface area contributed by atoms with Crippen LogP contribution in [0.1, 0.15) is 29.7 Å². The van der Waals surface area contributed by atoms with Crippen molar-refractivity contribution in [2.24, 2.45) is 5.73 Å². The first-order valence-electron chi connectivity index (χ1n) is 6.21. The molecule has 1 heterocycles. The van der Waals surface area contributed by atoms with Crippen LogP contribution in [-0.4, -0.2) is 0 Å². The molecule has 1 aliphatic heterocycles. The second kappa shape index (κ2) is 5.47. The molecule has 1 aliphatic rings. The monoisotopic (exact) mass is 399 g/mol. The lowest BCUT2D eigenvalue weighted by Crippen LogP contribution is -2.24. The van der Waals surface area contributed by atoms with Crippen LogP contribution in [0.15, 0.2) is 45.3 Å². The summed E-state index contributed by atoms with van der Waals surface area (Å²) >= 11 is 6.82. The first-order valence-corrected chi connectivity index (χ1v) is 7.80. The lowest BCUT2D eigenvalue weighted by molar-refractivity contribution is 0.160. The summed E-state index contributed by atoms with van der Waals surface area (Å²) in [6.07, 6.45) is 0.487. The number of nitrogens with two attached hydrogens (primary N) is 1. The van der Waals surface area contributed by atoms with Crippen molar-refractivity contribution >= 4 is 31.9 Å². The minimum absolute atomic E-state index is 0.0891. The Morgan fingerprint density at radius 1 is 1.10 bits per heavy atom. The molecule has 0 bridgehead atoms. The van der Waals surface area contributed by atoms with E-state index in [9.17, 15) is 4.39 Å². The van der Waals surface area contributed by atoms with E-state index in [1.807, 2.05) is 18.2 Å². The maximum atomic E-state index is 13.2. The van der Waals surface area contributed by atoms with E-state index in [1.54, 1.807) is 6.07 Å². The molecule has 3 rings (SSSR count). The first kappa shape index (κ1) is 14.0. The molecule has 0 saturated heterocycles. The zero-order valence-corrected chi connectivity index (χ0v) is 13.6. The maximum Gasteiger partial charge on any atom is 0.127 e. The van der Waals surface area contributed by atoms with E-state index in [2.05, 4.69) is 31.9 Å². The van der Waals surface area contributed by atoms with Gasteiger partial charge in [-0.15, -0.1) is 0 Å². The summed E-state index contributed by atoms with van der Waals surface area (Å²) in [6.45, 7) is 0.